The van der Waals surface area contributed by atoms with Gasteiger partial charge in [0, 0.05) is 38.2 Å². The summed E-state index contributed by atoms with van der Waals surface area (Å²) in [4.78, 5) is 20.0. The smallest absolute Gasteiger partial charge is 0.254 e. The van der Waals surface area contributed by atoms with E-state index in [4.69, 9.17) is 14.1 Å². The minimum atomic E-state index is -1.29. The van der Waals surface area contributed by atoms with Gasteiger partial charge in [0.1, 0.15) is 12.9 Å². The summed E-state index contributed by atoms with van der Waals surface area (Å²) in [6, 6.07) is 9.40. The molecule has 8 nitrogen and oxygen atoms in total. The van der Waals surface area contributed by atoms with Crippen LogP contribution in [0.5, 0.6) is 5.88 Å². The van der Waals surface area contributed by atoms with E-state index < -0.39 is 6.30 Å². The van der Waals surface area contributed by atoms with Gasteiger partial charge in [-0.1, -0.05) is 17.3 Å². The number of hydrogen-bond donors (Lipinski definition) is 0. The van der Waals surface area contributed by atoms with Crippen LogP contribution in [-0.2, 0) is 9.63 Å². The fourth-order valence-electron chi connectivity index (χ4n) is 3.34. The van der Waals surface area contributed by atoms with E-state index in [9.17, 15) is 9.18 Å². The Kier molecular flexibility index (Phi) is 5.14. The first-order valence-corrected chi connectivity index (χ1v) is 9.12. The molecule has 1 amide bonds. The molecule has 0 saturated carbocycles. The van der Waals surface area contributed by atoms with Crippen LogP contribution in [0.2, 0.25) is 0 Å². The van der Waals surface area contributed by atoms with Crippen molar-refractivity contribution in [3.05, 3.63) is 42.2 Å². The maximum Gasteiger partial charge on any atom is 0.254 e. The van der Waals surface area contributed by atoms with Crippen molar-refractivity contribution >= 4 is 17.3 Å². The Morgan fingerprint density at radius 3 is 2.79 bits per heavy atom. The lowest BCUT2D eigenvalue weighted by Gasteiger charge is -2.38. The van der Waals surface area contributed by atoms with E-state index in [-0.39, 0.29) is 18.6 Å². The van der Waals surface area contributed by atoms with Crippen molar-refractivity contribution in [3.8, 4) is 5.88 Å². The highest BCUT2D eigenvalue weighted by Gasteiger charge is 2.29. The lowest BCUT2D eigenvalue weighted by Crippen LogP contribution is -2.52. The summed E-state index contributed by atoms with van der Waals surface area (Å²) < 4.78 is 24.4. The Bertz CT molecular complexity index is 840. The maximum atomic E-state index is 14.2. The molecule has 2 atom stereocenters. The number of piperazine rings is 1. The number of ether oxygens (including phenoxy) is 1. The third-order valence-corrected chi connectivity index (χ3v) is 4.85. The summed E-state index contributed by atoms with van der Waals surface area (Å²) in [6.07, 6.45) is 0.600. The number of amides is 1. The van der Waals surface area contributed by atoms with Gasteiger partial charge in [0.15, 0.2) is 12.4 Å². The predicted molar refractivity (Wildman–Crippen MR) is 99.0 cm³/mol. The standard InChI is InChI=1S/C19H21FN4O4/c1-13(25)24-8-7-23(11-18(24)20)15-4-2-14(3-5-15)17-10-16(28-21-17)12-26-19-6-9-27-22-19/h2-6,9,16,18H,7-8,10-12H2,1H3/t16-,18?/m0/s1. The SMILES string of the molecule is CC(=O)N1CCN(c2ccc(C3=NO[C@H](COc4ccon4)C3)cc2)CC1F. The van der Waals surface area contributed by atoms with Crippen LogP contribution in [0.3, 0.4) is 0 Å². The van der Waals surface area contributed by atoms with Crippen LogP contribution in [0.25, 0.3) is 0 Å². The highest BCUT2D eigenvalue weighted by atomic mass is 19.1. The summed E-state index contributed by atoms with van der Waals surface area (Å²) >= 11 is 0. The third kappa shape index (κ3) is 3.92. The lowest BCUT2D eigenvalue weighted by atomic mass is 10.0. The molecule has 0 radical (unpaired) electrons. The zero-order chi connectivity index (χ0) is 19.5. The summed E-state index contributed by atoms with van der Waals surface area (Å²) in [5.74, 6) is 0.182. The van der Waals surface area contributed by atoms with Gasteiger partial charge in [-0.2, -0.15) is 0 Å². The van der Waals surface area contributed by atoms with Gasteiger partial charge in [-0.05, 0) is 22.9 Å². The van der Waals surface area contributed by atoms with E-state index in [1.165, 1.54) is 18.1 Å². The van der Waals surface area contributed by atoms with Gasteiger partial charge in [-0.3, -0.25) is 4.79 Å². The molecule has 0 aliphatic carbocycles. The van der Waals surface area contributed by atoms with Crippen molar-refractivity contribution in [2.75, 3.05) is 31.1 Å². The molecular weight excluding hydrogens is 367 g/mol. The molecule has 0 bridgehead atoms. The molecule has 1 saturated heterocycles. The quantitative estimate of drug-likeness (QED) is 0.731. The third-order valence-electron chi connectivity index (χ3n) is 4.85. The van der Waals surface area contributed by atoms with Crippen molar-refractivity contribution < 1.29 is 23.3 Å². The summed E-state index contributed by atoms with van der Waals surface area (Å²) in [7, 11) is 0. The number of aromatic nitrogens is 1. The van der Waals surface area contributed by atoms with E-state index in [1.54, 1.807) is 6.07 Å². The molecule has 2 aliphatic heterocycles. The molecule has 4 rings (SSSR count). The number of rotatable bonds is 5. The van der Waals surface area contributed by atoms with Crippen LogP contribution < -0.4 is 9.64 Å². The van der Waals surface area contributed by atoms with Crippen LogP contribution in [-0.4, -0.2) is 60.3 Å². The Labute approximate surface area is 161 Å². The van der Waals surface area contributed by atoms with Gasteiger partial charge in [0.05, 0.1) is 12.3 Å². The van der Waals surface area contributed by atoms with Gasteiger partial charge < -0.3 is 23.9 Å². The number of anilines is 1. The molecule has 2 aliphatic rings. The van der Waals surface area contributed by atoms with E-state index in [2.05, 4.69) is 10.3 Å². The Hall–Kier alpha value is -3.10. The first-order chi connectivity index (χ1) is 13.6. The highest BCUT2D eigenvalue weighted by molar-refractivity contribution is 6.01. The summed E-state index contributed by atoms with van der Waals surface area (Å²) in [5.41, 5.74) is 2.71. The van der Waals surface area contributed by atoms with Gasteiger partial charge in [0.2, 0.25) is 5.91 Å². The molecular formula is C19H21FN4O4. The minimum Gasteiger partial charge on any atom is -0.471 e. The number of alkyl halides is 1. The molecule has 9 heteroatoms. The number of carbonyl (C=O) groups is 1. The topological polar surface area (TPSA) is 80.4 Å². The van der Waals surface area contributed by atoms with Crippen molar-refractivity contribution in [2.45, 2.75) is 25.7 Å². The molecule has 1 fully saturated rings. The fraction of sp³-hybridized carbons (Fsp3) is 0.421. The Morgan fingerprint density at radius 2 is 2.11 bits per heavy atom. The van der Waals surface area contributed by atoms with Crippen LogP contribution >= 0.6 is 0 Å². The van der Waals surface area contributed by atoms with Crippen molar-refractivity contribution in [3.63, 3.8) is 0 Å². The first-order valence-electron chi connectivity index (χ1n) is 9.12. The molecule has 148 valence electrons. The van der Waals surface area contributed by atoms with Crippen LogP contribution in [0, 0.1) is 0 Å². The molecule has 2 aromatic rings. The minimum absolute atomic E-state index is 0.171. The number of oxime groups is 1. The van der Waals surface area contributed by atoms with E-state index in [0.29, 0.717) is 32.0 Å². The summed E-state index contributed by atoms with van der Waals surface area (Å²) in [6.45, 7) is 2.88. The van der Waals surface area contributed by atoms with Gasteiger partial charge >= 0.3 is 0 Å². The highest BCUT2D eigenvalue weighted by Crippen LogP contribution is 2.23. The second kappa shape index (κ2) is 7.87. The van der Waals surface area contributed by atoms with Crippen LogP contribution in [0.15, 0.2) is 46.3 Å². The fourth-order valence-corrected chi connectivity index (χ4v) is 3.34. The van der Waals surface area contributed by atoms with E-state index in [0.717, 1.165) is 17.0 Å². The van der Waals surface area contributed by atoms with Crippen molar-refractivity contribution in [2.24, 2.45) is 5.16 Å². The normalized spacial score (nSPS) is 22.0. The lowest BCUT2D eigenvalue weighted by molar-refractivity contribution is -0.135. The monoisotopic (exact) mass is 388 g/mol. The average molecular weight is 388 g/mol. The molecule has 1 unspecified atom stereocenters. The van der Waals surface area contributed by atoms with Gasteiger partial charge in [-0.25, -0.2) is 4.39 Å². The van der Waals surface area contributed by atoms with Gasteiger partial charge in [-0.15, -0.1) is 0 Å². The zero-order valence-electron chi connectivity index (χ0n) is 15.5. The second-order valence-electron chi connectivity index (χ2n) is 6.76. The van der Waals surface area contributed by atoms with E-state index >= 15 is 0 Å². The van der Waals surface area contributed by atoms with Crippen molar-refractivity contribution in [1.29, 1.82) is 0 Å². The van der Waals surface area contributed by atoms with Crippen LogP contribution in [0.1, 0.15) is 18.9 Å². The molecule has 0 spiro atoms. The van der Waals surface area contributed by atoms with E-state index in [1.807, 2.05) is 29.2 Å². The first kappa shape index (κ1) is 18.3. The predicted octanol–water partition coefficient (Wildman–Crippen LogP) is 2.21. The number of nitrogens with zero attached hydrogens (tertiary/aromatic N) is 4. The number of halogens is 1. The Balaban J connectivity index is 1.32. The van der Waals surface area contributed by atoms with Crippen molar-refractivity contribution in [1.82, 2.24) is 10.1 Å². The Morgan fingerprint density at radius 1 is 1.29 bits per heavy atom. The number of hydrogen-bond acceptors (Lipinski definition) is 7. The molecule has 1 aromatic carbocycles. The summed E-state index contributed by atoms with van der Waals surface area (Å²) in [5, 5.41) is 7.83. The number of carbonyl (C=O) groups excluding carboxylic acids is 1. The largest absolute Gasteiger partial charge is 0.471 e. The number of benzene rings is 1. The molecule has 28 heavy (non-hydrogen) atoms. The van der Waals surface area contributed by atoms with Crippen LogP contribution in [0.4, 0.5) is 10.1 Å². The zero-order valence-corrected chi connectivity index (χ0v) is 15.5. The molecule has 0 N–H and O–H groups in total. The van der Waals surface area contributed by atoms with Gasteiger partial charge in [0.25, 0.3) is 5.88 Å². The second-order valence-corrected chi connectivity index (χ2v) is 6.76. The maximum absolute atomic E-state index is 14.2. The molecule has 3 heterocycles. The molecule has 1 aromatic heterocycles. The average Bonchev–Trinajstić information content (AvgIpc) is 3.38.